The summed E-state index contributed by atoms with van der Waals surface area (Å²) in [7, 11) is -3.57. The minimum absolute atomic E-state index is 0.188. The second kappa shape index (κ2) is 3.14. The Morgan fingerprint density at radius 3 is 2.22 bits per heavy atom. The molecule has 4 nitrogen and oxygen atoms in total. The van der Waals surface area contributed by atoms with Gasteiger partial charge in [0.1, 0.15) is 0 Å². The van der Waals surface area contributed by atoms with E-state index in [9.17, 15) is 8.42 Å². The highest BCUT2D eigenvalue weighted by Crippen LogP contribution is 1.92. The van der Waals surface area contributed by atoms with Crippen LogP contribution in [0, 0.1) is 0 Å². The van der Waals surface area contributed by atoms with Gasteiger partial charge in [-0.05, 0) is 13.8 Å². The molecule has 0 amide bonds. The van der Waals surface area contributed by atoms with Crippen LogP contribution in [0.25, 0.3) is 0 Å². The summed E-state index contributed by atoms with van der Waals surface area (Å²) >= 11 is 0. The van der Waals surface area contributed by atoms with E-state index in [4.69, 9.17) is 5.11 Å². The van der Waals surface area contributed by atoms with Gasteiger partial charge in [0, 0.05) is 6.54 Å². The van der Waals surface area contributed by atoms with Gasteiger partial charge in [0.25, 0.3) is 10.0 Å². The molecule has 0 aliphatic heterocycles. The highest BCUT2D eigenvalue weighted by atomic mass is 32.2. The SMILES string of the molecule is CC[N]S(=O)(=O)C(C)O. The Morgan fingerprint density at radius 2 is 2.11 bits per heavy atom. The van der Waals surface area contributed by atoms with Crippen LogP contribution in [0.4, 0.5) is 0 Å². The number of nitrogens with zero attached hydrogens (tertiary/aromatic N) is 1. The van der Waals surface area contributed by atoms with E-state index in [0.717, 1.165) is 0 Å². The molecule has 0 aromatic carbocycles. The minimum atomic E-state index is -3.57. The van der Waals surface area contributed by atoms with Gasteiger partial charge < -0.3 is 5.11 Å². The number of hydrogen-bond donors (Lipinski definition) is 1. The van der Waals surface area contributed by atoms with Crippen LogP contribution in [0.1, 0.15) is 13.8 Å². The van der Waals surface area contributed by atoms with Crippen LogP contribution in [0.3, 0.4) is 0 Å². The molecular formula is C4H10NO3S. The highest BCUT2D eigenvalue weighted by molar-refractivity contribution is 7.89. The molecule has 9 heavy (non-hydrogen) atoms. The van der Waals surface area contributed by atoms with Gasteiger partial charge in [-0.25, -0.2) is 8.42 Å². The molecule has 0 rings (SSSR count). The van der Waals surface area contributed by atoms with E-state index in [1.54, 1.807) is 6.92 Å². The lowest BCUT2D eigenvalue weighted by Crippen LogP contribution is -2.26. The molecule has 0 aliphatic carbocycles. The van der Waals surface area contributed by atoms with E-state index in [1.165, 1.54) is 6.92 Å². The first-order chi connectivity index (χ1) is 4.00. The highest BCUT2D eigenvalue weighted by Gasteiger charge is 2.16. The Bertz CT molecular complexity index is 161. The third-order valence-electron chi connectivity index (χ3n) is 0.740. The first-order valence-electron chi connectivity index (χ1n) is 2.61. The van der Waals surface area contributed by atoms with Gasteiger partial charge in [-0.2, -0.15) is 0 Å². The standard InChI is InChI=1S/C4H10NO3S/c1-3-5-9(7,8)4(2)6/h4,6H,3H2,1-2H3. The fourth-order valence-corrected chi connectivity index (χ4v) is 0.863. The minimum Gasteiger partial charge on any atom is -0.376 e. The lowest BCUT2D eigenvalue weighted by Gasteiger charge is -2.02. The molecule has 0 aliphatic rings. The Hall–Kier alpha value is -0.130. The molecule has 55 valence electrons. The smallest absolute Gasteiger partial charge is 0.254 e. The van der Waals surface area contributed by atoms with Crippen molar-refractivity contribution in [3.8, 4) is 0 Å². The average Bonchev–Trinajstić information content (AvgIpc) is 1.65. The van der Waals surface area contributed by atoms with E-state index >= 15 is 0 Å². The summed E-state index contributed by atoms with van der Waals surface area (Å²) in [4.78, 5) is 0. The first kappa shape index (κ1) is 8.87. The van der Waals surface area contributed by atoms with Gasteiger partial charge in [0.15, 0.2) is 5.44 Å². The summed E-state index contributed by atoms with van der Waals surface area (Å²) in [5.74, 6) is 0. The number of aliphatic hydroxyl groups is 1. The second-order valence-corrected chi connectivity index (χ2v) is 3.53. The Balaban J connectivity index is 4.05. The van der Waals surface area contributed by atoms with Gasteiger partial charge in [-0.3, -0.25) is 0 Å². The van der Waals surface area contributed by atoms with Gasteiger partial charge in [-0.1, -0.05) is 0 Å². The number of aliphatic hydroxyl groups excluding tert-OH is 1. The molecule has 0 heterocycles. The van der Waals surface area contributed by atoms with Gasteiger partial charge >= 0.3 is 0 Å². The van der Waals surface area contributed by atoms with Crippen molar-refractivity contribution in [1.82, 2.24) is 4.72 Å². The van der Waals surface area contributed by atoms with Gasteiger partial charge in [-0.15, -0.1) is 4.72 Å². The summed E-state index contributed by atoms with van der Waals surface area (Å²) in [5.41, 5.74) is -1.38. The maximum atomic E-state index is 10.5. The molecule has 0 aromatic rings. The van der Waals surface area contributed by atoms with Crippen LogP contribution in [0.15, 0.2) is 0 Å². The largest absolute Gasteiger partial charge is 0.376 e. The molecule has 0 saturated carbocycles. The Morgan fingerprint density at radius 1 is 1.67 bits per heavy atom. The fraction of sp³-hybridized carbons (Fsp3) is 1.00. The maximum Gasteiger partial charge on any atom is 0.254 e. The van der Waals surface area contributed by atoms with Crippen molar-refractivity contribution in [3.63, 3.8) is 0 Å². The molecule has 1 unspecified atom stereocenters. The van der Waals surface area contributed by atoms with Crippen molar-refractivity contribution in [2.24, 2.45) is 0 Å². The predicted octanol–water partition coefficient (Wildman–Crippen LogP) is -0.721. The zero-order valence-electron chi connectivity index (χ0n) is 5.40. The lowest BCUT2D eigenvalue weighted by molar-refractivity contribution is 0.266. The molecule has 5 heteroatoms. The molecule has 0 spiro atoms. The van der Waals surface area contributed by atoms with Crippen molar-refractivity contribution < 1.29 is 13.5 Å². The zero-order valence-corrected chi connectivity index (χ0v) is 6.22. The summed E-state index contributed by atoms with van der Waals surface area (Å²) in [6.07, 6.45) is 0. The van der Waals surface area contributed by atoms with Crippen molar-refractivity contribution in [3.05, 3.63) is 0 Å². The Labute approximate surface area is 54.9 Å². The van der Waals surface area contributed by atoms with Gasteiger partial charge in [0.05, 0.1) is 0 Å². The fourth-order valence-electron chi connectivity index (χ4n) is 0.288. The second-order valence-electron chi connectivity index (χ2n) is 1.56. The lowest BCUT2D eigenvalue weighted by atomic mass is 10.8. The van der Waals surface area contributed by atoms with Crippen LogP contribution < -0.4 is 4.72 Å². The third kappa shape index (κ3) is 2.78. The van der Waals surface area contributed by atoms with E-state index in [-0.39, 0.29) is 6.54 Å². The van der Waals surface area contributed by atoms with Crippen LogP contribution >= 0.6 is 0 Å². The van der Waals surface area contributed by atoms with Crippen molar-refractivity contribution in [2.45, 2.75) is 19.3 Å². The Kier molecular flexibility index (Phi) is 3.10. The molecule has 1 radical (unpaired) electrons. The molecule has 0 bridgehead atoms. The summed E-state index contributed by atoms with van der Waals surface area (Å²) < 4.78 is 24.2. The number of hydrogen-bond acceptors (Lipinski definition) is 3. The molecule has 0 fully saturated rings. The van der Waals surface area contributed by atoms with Crippen LogP contribution in [-0.4, -0.2) is 25.5 Å². The van der Waals surface area contributed by atoms with Crippen LogP contribution in [0.2, 0.25) is 0 Å². The topological polar surface area (TPSA) is 68.5 Å². The summed E-state index contributed by atoms with van der Waals surface area (Å²) in [6, 6.07) is 0. The van der Waals surface area contributed by atoms with Crippen molar-refractivity contribution >= 4 is 10.0 Å². The van der Waals surface area contributed by atoms with Crippen molar-refractivity contribution in [2.75, 3.05) is 6.54 Å². The maximum absolute atomic E-state index is 10.5. The number of rotatable bonds is 3. The molecule has 1 N–H and O–H groups in total. The van der Waals surface area contributed by atoms with Crippen LogP contribution in [-0.2, 0) is 10.0 Å². The van der Waals surface area contributed by atoms with E-state index in [1.807, 2.05) is 0 Å². The van der Waals surface area contributed by atoms with Crippen molar-refractivity contribution in [1.29, 1.82) is 0 Å². The monoisotopic (exact) mass is 152 g/mol. The molecule has 1 atom stereocenters. The van der Waals surface area contributed by atoms with E-state index < -0.39 is 15.5 Å². The van der Waals surface area contributed by atoms with Crippen LogP contribution in [0.5, 0.6) is 0 Å². The number of sulfonamides is 1. The molecule has 0 saturated heterocycles. The molecular weight excluding hydrogens is 142 g/mol. The quantitative estimate of drug-likeness (QED) is 0.580. The van der Waals surface area contributed by atoms with E-state index in [0.29, 0.717) is 0 Å². The summed E-state index contributed by atoms with van der Waals surface area (Å²) in [6.45, 7) is 2.96. The normalized spacial score (nSPS) is 15.4. The third-order valence-corrected chi connectivity index (χ3v) is 2.22. The van der Waals surface area contributed by atoms with Gasteiger partial charge in [0.2, 0.25) is 0 Å². The zero-order chi connectivity index (χ0) is 7.49. The molecule has 0 aromatic heterocycles. The summed E-state index contributed by atoms with van der Waals surface area (Å²) in [5, 5.41) is 8.53. The first-order valence-corrected chi connectivity index (χ1v) is 4.11. The van der Waals surface area contributed by atoms with E-state index in [2.05, 4.69) is 4.72 Å². The predicted molar refractivity (Wildman–Crippen MR) is 33.3 cm³/mol. The average molecular weight is 152 g/mol.